The zero-order chi connectivity index (χ0) is 17.9. The van der Waals surface area contributed by atoms with Gasteiger partial charge < -0.3 is 5.32 Å². The molecule has 1 heterocycles. The average Bonchev–Trinajstić information content (AvgIpc) is 2.46. The van der Waals surface area contributed by atoms with Crippen molar-refractivity contribution in [2.75, 3.05) is 32.7 Å². The number of nitrogens with one attached hydrogen (secondary N) is 1. The van der Waals surface area contributed by atoms with Gasteiger partial charge in [0.25, 0.3) is 0 Å². The number of benzene rings is 1. The standard InChI is InChI=1S/C15H21F2N3O3S/c1-11(2)18-14(21)10-19-6-8-20(9-7-19)24(22,23)15-12(16)4-3-5-13(15)17/h3-5,11H,6-10H2,1-2H3,(H,18,21). The van der Waals surface area contributed by atoms with Gasteiger partial charge in [-0.1, -0.05) is 6.07 Å². The number of carbonyl (C=O) groups is 1. The minimum atomic E-state index is -4.24. The summed E-state index contributed by atoms with van der Waals surface area (Å²) in [6, 6.07) is 2.99. The van der Waals surface area contributed by atoms with E-state index in [0.29, 0.717) is 13.1 Å². The van der Waals surface area contributed by atoms with Crippen molar-refractivity contribution in [3.63, 3.8) is 0 Å². The summed E-state index contributed by atoms with van der Waals surface area (Å²) in [5.41, 5.74) is 0. The quantitative estimate of drug-likeness (QED) is 0.842. The number of hydrogen-bond donors (Lipinski definition) is 1. The second-order valence-electron chi connectivity index (χ2n) is 5.95. The Morgan fingerprint density at radius 1 is 1.17 bits per heavy atom. The molecular formula is C15H21F2N3O3S. The summed E-state index contributed by atoms with van der Waals surface area (Å²) >= 11 is 0. The van der Waals surface area contributed by atoms with Gasteiger partial charge in [0.05, 0.1) is 6.54 Å². The molecule has 0 aliphatic carbocycles. The van der Waals surface area contributed by atoms with Crippen LogP contribution in [-0.4, -0.2) is 62.3 Å². The summed E-state index contributed by atoms with van der Waals surface area (Å²) in [6.45, 7) is 4.66. The summed E-state index contributed by atoms with van der Waals surface area (Å²) in [5.74, 6) is -2.34. The molecule has 0 spiro atoms. The number of piperazine rings is 1. The maximum absolute atomic E-state index is 13.8. The second-order valence-corrected chi connectivity index (χ2v) is 7.83. The molecule has 9 heteroatoms. The first-order valence-corrected chi connectivity index (χ1v) is 9.11. The lowest BCUT2D eigenvalue weighted by Gasteiger charge is -2.33. The number of hydrogen-bond acceptors (Lipinski definition) is 4. The van der Waals surface area contributed by atoms with Crippen LogP contribution in [0.5, 0.6) is 0 Å². The molecule has 0 bridgehead atoms. The summed E-state index contributed by atoms with van der Waals surface area (Å²) < 4.78 is 53.5. The third-order valence-corrected chi connectivity index (χ3v) is 5.62. The molecule has 0 saturated carbocycles. The average molecular weight is 361 g/mol. The first kappa shape index (κ1) is 18.8. The third kappa shape index (κ3) is 4.28. The molecule has 24 heavy (non-hydrogen) atoms. The van der Waals surface area contributed by atoms with Gasteiger partial charge in [0, 0.05) is 32.2 Å². The van der Waals surface area contributed by atoms with Crippen LogP contribution >= 0.6 is 0 Å². The highest BCUT2D eigenvalue weighted by atomic mass is 32.2. The van der Waals surface area contributed by atoms with Gasteiger partial charge in [-0.15, -0.1) is 0 Å². The molecule has 1 aromatic rings. The Hall–Kier alpha value is -1.58. The van der Waals surface area contributed by atoms with Gasteiger partial charge >= 0.3 is 0 Å². The molecular weight excluding hydrogens is 340 g/mol. The molecule has 1 aliphatic heterocycles. The lowest BCUT2D eigenvalue weighted by molar-refractivity contribution is -0.123. The molecule has 6 nitrogen and oxygen atoms in total. The van der Waals surface area contributed by atoms with Crippen LogP contribution in [0.25, 0.3) is 0 Å². The van der Waals surface area contributed by atoms with Gasteiger partial charge in [0.15, 0.2) is 4.90 Å². The van der Waals surface area contributed by atoms with Crippen molar-refractivity contribution in [2.45, 2.75) is 24.8 Å². The third-order valence-electron chi connectivity index (χ3n) is 3.66. The Morgan fingerprint density at radius 3 is 2.21 bits per heavy atom. The van der Waals surface area contributed by atoms with Crippen LogP contribution in [-0.2, 0) is 14.8 Å². The molecule has 0 unspecified atom stereocenters. The molecule has 1 N–H and O–H groups in total. The monoisotopic (exact) mass is 361 g/mol. The van der Waals surface area contributed by atoms with Gasteiger partial charge in [0.1, 0.15) is 11.6 Å². The lowest BCUT2D eigenvalue weighted by atomic mass is 10.3. The van der Waals surface area contributed by atoms with E-state index in [1.54, 1.807) is 4.90 Å². The molecule has 1 aromatic carbocycles. The Kier molecular flexibility index (Phi) is 5.89. The van der Waals surface area contributed by atoms with Crippen LogP contribution in [0, 0.1) is 11.6 Å². The highest BCUT2D eigenvalue weighted by Crippen LogP contribution is 2.23. The number of rotatable bonds is 5. The number of sulfonamides is 1. The van der Waals surface area contributed by atoms with Crippen LogP contribution < -0.4 is 5.32 Å². The van der Waals surface area contributed by atoms with E-state index >= 15 is 0 Å². The van der Waals surface area contributed by atoms with Crippen molar-refractivity contribution < 1.29 is 22.0 Å². The first-order chi connectivity index (χ1) is 11.2. The minimum absolute atomic E-state index is 0.0307. The molecule has 1 aliphatic rings. The molecule has 2 rings (SSSR count). The van der Waals surface area contributed by atoms with Crippen molar-refractivity contribution in [1.82, 2.24) is 14.5 Å². The topological polar surface area (TPSA) is 69.7 Å². The van der Waals surface area contributed by atoms with Gasteiger partial charge in [-0.2, -0.15) is 4.31 Å². The zero-order valence-corrected chi connectivity index (χ0v) is 14.4. The SMILES string of the molecule is CC(C)NC(=O)CN1CCN(S(=O)(=O)c2c(F)cccc2F)CC1. The van der Waals surface area contributed by atoms with Gasteiger partial charge in [-0.3, -0.25) is 9.69 Å². The second kappa shape index (κ2) is 7.54. The smallest absolute Gasteiger partial charge is 0.249 e. The molecule has 0 atom stereocenters. The summed E-state index contributed by atoms with van der Waals surface area (Å²) in [6.07, 6.45) is 0. The normalized spacial score (nSPS) is 17.2. The van der Waals surface area contributed by atoms with Gasteiger partial charge in [-0.25, -0.2) is 17.2 Å². The summed E-state index contributed by atoms with van der Waals surface area (Å²) in [7, 11) is -4.24. The van der Waals surface area contributed by atoms with Gasteiger partial charge in [0.2, 0.25) is 15.9 Å². The molecule has 1 fully saturated rings. The van der Waals surface area contributed by atoms with Crippen molar-refractivity contribution in [3.8, 4) is 0 Å². The van der Waals surface area contributed by atoms with E-state index in [4.69, 9.17) is 0 Å². The number of halogens is 2. The highest BCUT2D eigenvalue weighted by Gasteiger charge is 2.33. The van der Waals surface area contributed by atoms with Crippen LogP contribution in [0.2, 0.25) is 0 Å². The highest BCUT2D eigenvalue weighted by molar-refractivity contribution is 7.89. The van der Waals surface area contributed by atoms with Crippen molar-refractivity contribution in [2.24, 2.45) is 0 Å². The fourth-order valence-corrected chi connectivity index (χ4v) is 4.09. The number of amides is 1. The van der Waals surface area contributed by atoms with Crippen LogP contribution in [0.1, 0.15) is 13.8 Å². The number of carbonyl (C=O) groups excluding carboxylic acids is 1. The molecule has 1 amide bonds. The van der Waals surface area contributed by atoms with E-state index in [0.717, 1.165) is 22.5 Å². The van der Waals surface area contributed by atoms with E-state index < -0.39 is 26.6 Å². The molecule has 0 radical (unpaired) electrons. The van der Waals surface area contributed by atoms with E-state index in [1.165, 1.54) is 0 Å². The Labute approximate surface area is 140 Å². The largest absolute Gasteiger partial charge is 0.353 e. The Morgan fingerprint density at radius 2 is 1.71 bits per heavy atom. The molecule has 1 saturated heterocycles. The zero-order valence-electron chi connectivity index (χ0n) is 13.6. The van der Waals surface area contributed by atoms with E-state index in [2.05, 4.69) is 5.32 Å². The summed E-state index contributed by atoms with van der Waals surface area (Å²) in [5, 5.41) is 2.76. The van der Waals surface area contributed by atoms with E-state index in [9.17, 15) is 22.0 Å². The fraction of sp³-hybridized carbons (Fsp3) is 0.533. The molecule has 0 aromatic heterocycles. The molecule has 134 valence electrons. The van der Waals surface area contributed by atoms with Crippen LogP contribution in [0.3, 0.4) is 0 Å². The van der Waals surface area contributed by atoms with Crippen molar-refractivity contribution >= 4 is 15.9 Å². The summed E-state index contributed by atoms with van der Waals surface area (Å²) in [4.78, 5) is 12.6. The number of nitrogens with zero attached hydrogens (tertiary/aromatic N) is 2. The van der Waals surface area contributed by atoms with Crippen LogP contribution in [0.4, 0.5) is 8.78 Å². The van der Waals surface area contributed by atoms with E-state index in [1.807, 2.05) is 13.8 Å². The Bertz CT molecular complexity index is 682. The van der Waals surface area contributed by atoms with Crippen molar-refractivity contribution in [3.05, 3.63) is 29.8 Å². The lowest BCUT2D eigenvalue weighted by Crippen LogP contribution is -2.51. The van der Waals surface area contributed by atoms with Gasteiger partial charge in [-0.05, 0) is 26.0 Å². The first-order valence-electron chi connectivity index (χ1n) is 7.67. The maximum atomic E-state index is 13.8. The predicted octanol–water partition coefficient (Wildman–Crippen LogP) is 0.796. The Balaban J connectivity index is 2.02. The van der Waals surface area contributed by atoms with E-state index in [-0.39, 0.29) is 31.6 Å². The van der Waals surface area contributed by atoms with Crippen molar-refractivity contribution in [1.29, 1.82) is 0 Å². The predicted molar refractivity (Wildman–Crippen MR) is 84.8 cm³/mol. The fourth-order valence-electron chi connectivity index (χ4n) is 2.56. The van der Waals surface area contributed by atoms with Crippen LogP contribution in [0.15, 0.2) is 23.1 Å². The maximum Gasteiger partial charge on any atom is 0.249 e. The minimum Gasteiger partial charge on any atom is -0.353 e.